The van der Waals surface area contributed by atoms with Crippen LogP contribution >= 0.6 is 0 Å². The monoisotopic (exact) mass is 305 g/mol. The van der Waals surface area contributed by atoms with E-state index < -0.39 is 0 Å². The highest BCUT2D eigenvalue weighted by Crippen LogP contribution is 2.20. The number of rotatable bonds is 7. The number of hydrogen-bond donors (Lipinski definition) is 4. The van der Waals surface area contributed by atoms with Gasteiger partial charge in [-0.05, 0) is 58.7 Å². The summed E-state index contributed by atoms with van der Waals surface area (Å²) in [4.78, 5) is 12.3. The molecule has 0 unspecified atom stereocenters. The highest BCUT2D eigenvalue weighted by Gasteiger charge is 2.22. The molecule has 2 rings (SSSR count). The molecule has 1 fully saturated rings. The fourth-order valence-corrected chi connectivity index (χ4v) is 2.14. The summed E-state index contributed by atoms with van der Waals surface area (Å²) in [6.45, 7) is 8.30. The molecule has 1 saturated carbocycles. The molecule has 22 heavy (non-hydrogen) atoms. The van der Waals surface area contributed by atoms with Crippen LogP contribution in [0.2, 0.25) is 0 Å². The molecule has 1 aromatic rings. The van der Waals surface area contributed by atoms with E-state index in [1.807, 2.05) is 6.20 Å². The molecule has 0 spiro atoms. The van der Waals surface area contributed by atoms with Gasteiger partial charge in [-0.3, -0.25) is 9.89 Å². The SMILES string of the molecule is C/C(=C/NC(C)C)[C@@H](C)Nc1[nH]ncc1C(=O)NC1CCC1. The van der Waals surface area contributed by atoms with Crippen LogP contribution in [0, 0.1) is 0 Å². The molecule has 122 valence electrons. The Morgan fingerprint density at radius 3 is 2.73 bits per heavy atom. The number of nitrogens with zero attached hydrogens (tertiary/aromatic N) is 1. The van der Waals surface area contributed by atoms with Gasteiger partial charge in [0.2, 0.25) is 0 Å². The Bertz CT molecular complexity index is 530. The Hall–Kier alpha value is -1.98. The van der Waals surface area contributed by atoms with Gasteiger partial charge >= 0.3 is 0 Å². The molecule has 1 atom stereocenters. The van der Waals surface area contributed by atoms with Crippen molar-refractivity contribution in [1.82, 2.24) is 20.8 Å². The lowest BCUT2D eigenvalue weighted by molar-refractivity contribution is 0.0918. The number of aromatic nitrogens is 2. The quantitative estimate of drug-likeness (QED) is 0.623. The Morgan fingerprint density at radius 2 is 2.14 bits per heavy atom. The Morgan fingerprint density at radius 1 is 1.41 bits per heavy atom. The Labute approximate surface area is 132 Å². The van der Waals surface area contributed by atoms with Gasteiger partial charge < -0.3 is 16.0 Å². The molecule has 1 aromatic heterocycles. The zero-order valence-electron chi connectivity index (χ0n) is 13.9. The first-order chi connectivity index (χ1) is 10.5. The van der Waals surface area contributed by atoms with Gasteiger partial charge in [0.1, 0.15) is 11.4 Å². The van der Waals surface area contributed by atoms with E-state index in [9.17, 15) is 4.79 Å². The van der Waals surface area contributed by atoms with Gasteiger partial charge in [-0.15, -0.1) is 0 Å². The average molecular weight is 305 g/mol. The molecule has 0 saturated heterocycles. The van der Waals surface area contributed by atoms with Gasteiger partial charge in [-0.25, -0.2) is 0 Å². The second-order valence-corrected chi connectivity index (χ2v) is 6.34. The molecule has 1 aliphatic rings. The lowest BCUT2D eigenvalue weighted by Crippen LogP contribution is -2.39. The van der Waals surface area contributed by atoms with Gasteiger partial charge in [-0.1, -0.05) is 0 Å². The van der Waals surface area contributed by atoms with Gasteiger partial charge in [0.15, 0.2) is 0 Å². The third kappa shape index (κ3) is 4.26. The fourth-order valence-electron chi connectivity index (χ4n) is 2.14. The summed E-state index contributed by atoms with van der Waals surface area (Å²) in [6.07, 6.45) is 6.93. The number of aromatic amines is 1. The van der Waals surface area contributed by atoms with Crippen LogP contribution in [0.3, 0.4) is 0 Å². The maximum atomic E-state index is 12.3. The van der Waals surface area contributed by atoms with Crippen molar-refractivity contribution in [3.63, 3.8) is 0 Å². The summed E-state index contributed by atoms with van der Waals surface area (Å²) in [5.41, 5.74) is 1.73. The average Bonchev–Trinajstić information content (AvgIpc) is 2.88. The van der Waals surface area contributed by atoms with Crippen molar-refractivity contribution in [2.24, 2.45) is 0 Å². The lowest BCUT2D eigenvalue weighted by atomic mass is 9.93. The third-order valence-corrected chi connectivity index (χ3v) is 4.01. The molecule has 6 heteroatoms. The van der Waals surface area contributed by atoms with Crippen molar-refractivity contribution < 1.29 is 4.79 Å². The molecule has 1 amide bonds. The predicted molar refractivity (Wildman–Crippen MR) is 88.8 cm³/mol. The van der Waals surface area contributed by atoms with E-state index >= 15 is 0 Å². The fraction of sp³-hybridized carbons (Fsp3) is 0.625. The molecule has 0 bridgehead atoms. The van der Waals surface area contributed by atoms with Crippen LogP contribution in [0.1, 0.15) is 57.3 Å². The topological polar surface area (TPSA) is 81.8 Å². The Balaban J connectivity index is 1.96. The summed E-state index contributed by atoms with van der Waals surface area (Å²) in [6, 6.07) is 0.824. The standard InChI is InChI=1S/C16H27N5O/c1-10(2)17-8-11(3)12(4)19-15-14(9-18-21-15)16(22)20-13-6-5-7-13/h8-10,12-13,17H,5-7H2,1-4H3,(H,20,22)(H2,18,19,21)/b11-8-/t12-/m1/s1. The van der Waals surface area contributed by atoms with E-state index in [2.05, 4.69) is 53.8 Å². The largest absolute Gasteiger partial charge is 0.389 e. The van der Waals surface area contributed by atoms with Crippen LogP contribution in [0.25, 0.3) is 0 Å². The highest BCUT2D eigenvalue weighted by molar-refractivity contribution is 5.98. The summed E-state index contributed by atoms with van der Waals surface area (Å²) in [5.74, 6) is 0.608. The van der Waals surface area contributed by atoms with Crippen molar-refractivity contribution in [1.29, 1.82) is 0 Å². The molecule has 0 aromatic carbocycles. The van der Waals surface area contributed by atoms with Crippen molar-refractivity contribution in [2.45, 2.75) is 65.1 Å². The minimum Gasteiger partial charge on any atom is -0.389 e. The van der Waals surface area contributed by atoms with Crippen molar-refractivity contribution >= 4 is 11.7 Å². The Kier molecular flexibility index (Phi) is 5.46. The number of carbonyl (C=O) groups excluding carboxylic acids is 1. The molecule has 0 radical (unpaired) electrons. The van der Waals surface area contributed by atoms with E-state index in [-0.39, 0.29) is 11.9 Å². The molecule has 6 nitrogen and oxygen atoms in total. The van der Waals surface area contributed by atoms with E-state index in [1.54, 1.807) is 6.20 Å². The van der Waals surface area contributed by atoms with Crippen LogP contribution in [0.4, 0.5) is 5.82 Å². The highest BCUT2D eigenvalue weighted by atomic mass is 16.1. The second-order valence-electron chi connectivity index (χ2n) is 6.34. The number of H-pyrrole nitrogens is 1. The van der Waals surface area contributed by atoms with Crippen molar-refractivity contribution in [3.8, 4) is 0 Å². The third-order valence-electron chi connectivity index (χ3n) is 4.01. The summed E-state index contributed by atoms with van der Waals surface area (Å²) >= 11 is 0. The maximum Gasteiger partial charge on any atom is 0.256 e. The summed E-state index contributed by atoms with van der Waals surface area (Å²) < 4.78 is 0. The van der Waals surface area contributed by atoms with Crippen LogP contribution in [-0.2, 0) is 0 Å². The van der Waals surface area contributed by atoms with Crippen LogP contribution in [0.15, 0.2) is 18.0 Å². The number of hydrogen-bond acceptors (Lipinski definition) is 4. The van der Waals surface area contributed by atoms with Crippen LogP contribution in [0.5, 0.6) is 0 Å². The number of carbonyl (C=O) groups is 1. The van der Waals surface area contributed by atoms with Gasteiger partial charge in [0.25, 0.3) is 5.91 Å². The zero-order chi connectivity index (χ0) is 16.1. The molecule has 4 N–H and O–H groups in total. The van der Waals surface area contributed by atoms with Crippen molar-refractivity contribution in [3.05, 3.63) is 23.5 Å². The van der Waals surface area contributed by atoms with Crippen LogP contribution < -0.4 is 16.0 Å². The second kappa shape index (κ2) is 7.33. The number of nitrogens with one attached hydrogen (secondary N) is 4. The summed E-state index contributed by atoms with van der Waals surface area (Å²) in [5, 5.41) is 16.5. The number of anilines is 1. The maximum absolute atomic E-state index is 12.3. The normalized spacial score (nSPS) is 17.0. The van der Waals surface area contributed by atoms with Crippen molar-refractivity contribution in [2.75, 3.05) is 5.32 Å². The predicted octanol–water partition coefficient (Wildman–Crippen LogP) is 2.39. The van der Waals surface area contributed by atoms with Crippen LogP contribution in [-0.4, -0.2) is 34.2 Å². The minimum atomic E-state index is -0.0601. The molecule has 1 aliphatic carbocycles. The number of amides is 1. The van der Waals surface area contributed by atoms with E-state index in [0.29, 0.717) is 23.5 Å². The van der Waals surface area contributed by atoms with E-state index in [1.165, 1.54) is 6.42 Å². The molecule has 1 heterocycles. The van der Waals surface area contributed by atoms with Gasteiger partial charge in [-0.2, -0.15) is 5.10 Å². The zero-order valence-corrected chi connectivity index (χ0v) is 13.9. The first kappa shape index (κ1) is 16.4. The molecular weight excluding hydrogens is 278 g/mol. The smallest absolute Gasteiger partial charge is 0.256 e. The minimum absolute atomic E-state index is 0.0601. The first-order valence-corrected chi connectivity index (χ1v) is 8.01. The van der Waals surface area contributed by atoms with Gasteiger partial charge in [0.05, 0.1) is 6.20 Å². The lowest BCUT2D eigenvalue weighted by Gasteiger charge is -2.26. The van der Waals surface area contributed by atoms with Gasteiger partial charge in [0, 0.05) is 18.1 Å². The first-order valence-electron chi connectivity index (χ1n) is 8.01. The summed E-state index contributed by atoms with van der Waals surface area (Å²) in [7, 11) is 0. The molecule has 0 aliphatic heterocycles. The van der Waals surface area contributed by atoms with E-state index in [0.717, 1.165) is 18.4 Å². The molecular formula is C16H27N5O. The van der Waals surface area contributed by atoms with E-state index in [4.69, 9.17) is 0 Å².